The number of rotatable bonds is 11. The minimum atomic E-state index is -4.34. The third kappa shape index (κ3) is 13.4. The average Bonchev–Trinajstić information content (AvgIpc) is 2.29. The average molecular weight is 297 g/mol. The van der Waals surface area contributed by atoms with Gasteiger partial charge in [0.15, 0.2) is 0 Å². The zero-order valence-corrected chi connectivity index (χ0v) is 11.6. The fourth-order valence-corrected chi connectivity index (χ4v) is 1.90. The number of unbranched alkanes of at least 4 members (excludes halogenated alkanes) is 6. The number of nitro groups is 1. The van der Waals surface area contributed by atoms with Crippen molar-refractivity contribution in [3.8, 4) is 0 Å². The van der Waals surface area contributed by atoms with E-state index >= 15 is 0 Å². The summed E-state index contributed by atoms with van der Waals surface area (Å²) in [4.78, 5) is 36.6. The van der Waals surface area contributed by atoms with Crippen molar-refractivity contribution in [2.24, 2.45) is 0 Å². The van der Waals surface area contributed by atoms with Gasteiger partial charge in [-0.25, -0.2) is 9.36 Å². The van der Waals surface area contributed by atoms with Crippen LogP contribution in [-0.4, -0.2) is 27.2 Å². The molecule has 9 heteroatoms. The molecule has 0 radical (unpaired) electrons. The molecule has 0 aromatic heterocycles. The molecular formula is C10H20NO7P. The summed E-state index contributed by atoms with van der Waals surface area (Å²) >= 11 is 0. The summed E-state index contributed by atoms with van der Waals surface area (Å²) in [5, 5.41) is 10.0. The largest absolute Gasteiger partial charge is 0.469 e. The quantitative estimate of drug-likeness (QED) is 0.258. The normalized spacial score (nSPS) is 11.5. The molecule has 0 bridgehead atoms. The summed E-state index contributed by atoms with van der Waals surface area (Å²) in [6, 6.07) is 0. The Kier molecular flexibility index (Phi) is 9.59. The van der Waals surface area contributed by atoms with Crippen molar-refractivity contribution in [3.05, 3.63) is 10.1 Å². The minimum absolute atomic E-state index is 0.0108. The molecule has 0 saturated carbocycles. The summed E-state index contributed by atoms with van der Waals surface area (Å²) in [6.45, 7) is 0.0433. The highest BCUT2D eigenvalue weighted by molar-refractivity contribution is 7.46. The van der Waals surface area contributed by atoms with Gasteiger partial charge in [0.2, 0.25) is 0 Å². The highest BCUT2D eigenvalue weighted by Crippen LogP contribution is 2.35. The van der Waals surface area contributed by atoms with Crippen LogP contribution in [-0.2, 0) is 13.9 Å². The molecule has 0 aliphatic carbocycles. The van der Waals surface area contributed by atoms with E-state index in [0.717, 1.165) is 32.1 Å². The van der Waals surface area contributed by atoms with Crippen LogP contribution >= 0.6 is 7.82 Å². The van der Waals surface area contributed by atoms with Gasteiger partial charge in [-0.3, -0.25) is 14.6 Å². The number of carbonyl (C=O) groups is 1. The van der Waals surface area contributed by atoms with Crippen molar-refractivity contribution in [3.63, 3.8) is 0 Å². The van der Waals surface area contributed by atoms with E-state index < -0.39 is 18.7 Å². The van der Waals surface area contributed by atoms with E-state index in [1.807, 2.05) is 0 Å². The van der Waals surface area contributed by atoms with E-state index in [9.17, 15) is 19.5 Å². The van der Waals surface area contributed by atoms with Crippen molar-refractivity contribution in [1.29, 1.82) is 0 Å². The summed E-state index contributed by atoms with van der Waals surface area (Å²) in [5.41, 5.74) is 0. The van der Waals surface area contributed by atoms with Gasteiger partial charge in [-0.05, 0) is 12.8 Å². The van der Waals surface area contributed by atoms with E-state index in [0.29, 0.717) is 12.8 Å². The molecule has 0 aromatic carbocycles. The van der Waals surface area contributed by atoms with Crippen LogP contribution in [0, 0.1) is 10.1 Å². The molecule has 0 aromatic rings. The Morgan fingerprint density at radius 2 is 1.53 bits per heavy atom. The van der Waals surface area contributed by atoms with Crippen molar-refractivity contribution in [2.75, 3.05) is 6.61 Å². The Labute approximate surface area is 111 Å². The van der Waals surface area contributed by atoms with Crippen molar-refractivity contribution < 1.29 is 28.6 Å². The summed E-state index contributed by atoms with van der Waals surface area (Å²) in [5.74, 6) is -0.936. The fourth-order valence-electron chi connectivity index (χ4n) is 1.54. The first-order valence-corrected chi connectivity index (χ1v) is 7.73. The number of hydrogen-bond acceptors (Lipinski definition) is 5. The number of hydrogen-bond donors (Lipinski definition) is 2. The van der Waals surface area contributed by atoms with Gasteiger partial charge in [-0.1, -0.05) is 32.1 Å². The zero-order chi connectivity index (χ0) is 14.7. The summed E-state index contributed by atoms with van der Waals surface area (Å²) in [6.07, 6.45) is 5.43. The van der Waals surface area contributed by atoms with Gasteiger partial charge in [-0.15, -0.1) is 0 Å². The molecule has 0 rings (SSSR count). The molecule has 1 amide bonds. The molecule has 2 N–H and O–H groups in total. The smallest absolute Gasteiger partial charge is 0.303 e. The van der Waals surface area contributed by atoms with Crippen LogP contribution in [0.15, 0.2) is 0 Å². The van der Waals surface area contributed by atoms with Crippen LogP contribution in [0.25, 0.3) is 0 Å². The lowest BCUT2D eigenvalue weighted by molar-refractivity contribution is -0.402. The van der Waals surface area contributed by atoms with Gasteiger partial charge in [0, 0.05) is 0 Å². The molecule has 0 saturated heterocycles. The van der Waals surface area contributed by atoms with Gasteiger partial charge in [0.05, 0.1) is 13.0 Å². The van der Waals surface area contributed by atoms with E-state index in [-0.39, 0.29) is 13.0 Å². The van der Waals surface area contributed by atoms with Crippen molar-refractivity contribution in [1.82, 2.24) is 0 Å². The van der Waals surface area contributed by atoms with Gasteiger partial charge < -0.3 is 9.79 Å². The molecule has 8 nitrogen and oxygen atoms in total. The lowest BCUT2D eigenvalue weighted by Gasteiger charge is -2.04. The number of phosphoric ester groups is 1. The Hall–Kier alpha value is -0.820. The number of phosphoric acid groups is 1. The number of carbonyl (C=O) groups excluding carboxylic acids is 1. The first-order chi connectivity index (χ1) is 8.83. The lowest BCUT2D eigenvalue weighted by atomic mass is 10.1. The molecule has 0 aliphatic heterocycles. The summed E-state index contributed by atoms with van der Waals surface area (Å²) in [7, 11) is -4.34. The molecule has 0 aliphatic rings. The second-order valence-electron chi connectivity index (χ2n) is 4.20. The van der Waals surface area contributed by atoms with Crippen LogP contribution in [0.1, 0.15) is 51.4 Å². The predicted molar refractivity (Wildman–Crippen MR) is 66.9 cm³/mol. The molecule has 19 heavy (non-hydrogen) atoms. The standard InChI is InChI=1S/C10H20NO7P/c12-10(11(13)14)8-6-4-2-1-3-5-7-9-18-19(15,16)17/h1-9H2,(H2,15,16,17). The fraction of sp³-hybridized carbons (Fsp3) is 0.900. The lowest BCUT2D eigenvalue weighted by Crippen LogP contribution is -2.10. The molecular weight excluding hydrogens is 277 g/mol. The van der Waals surface area contributed by atoms with Crippen LogP contribution in [0.2, 0.25) is 0 Å². The van der Waals surface area contributed by atoms with E-state index in [1.54, 1.807) is 0 Å². The highest BCUT2D eigenvalue weighted by atomic mass is 31.2. The van der Waals surface area contributed by atoms with Crippen LogP contribution in [0.5, 0.6) is 0 Å². The maximum Gasteiger partial charge on any atom is 0.469 e. The Bertz CT molecular complexity index is 328. The third-order valence-electron chi connectivity index (χ3n) is 2.50. The van der Waals surface area contributed by atoms with Crippen LogP contribution in [0.3, 0.4) is 0 Å². The SMILES string of the molecule is O=C(CCCCCCCCCOP(=O)(O)O)[N+](=O)[O-]. The Balaban J connectivity index is 3.22. The van der Waals surface area contributed by atoms with Crippen molar-refractivity contribution in [2.45, 2.75) is 51.4 Å². The first-order valence-electron chi connectivity index (χ1n) is 6.20. The monoisotopic (exact) mass is 297 g/mol. The van der Waals surface area contributed by atoms with Gasteiger partial charge in [-0.2, -0.15) is 0 Å². The molecule has 0 fully saturated rings. The first kappa shape index (κ1) is 18.2. The van der Waals surface area contributed by atoms with Gasteiger partial charge >= 0.3 is 13.7 Å². The van der Waals surface area contributed by atoms with E-state index in [1.165, 1.54) is 0 Å². The van der Waals surface area contributed by atoms with Gasteiger partial charge in [0.25, 0.3) is 0 Å². The molecule has 0 atom stereocenters. The molecule has 0 heterocycles. The second-order valence-corrected chi connectivity index (χ2v) is 5.44. The second kappa shape index (κ2) is 10.0. The zero-order valence-electron chi connectivity index (χ0n) is 10.7. The Morgan fingerprint density at radius 1 is 1.05 bits per heavy atom. The van der Waals surface area contributed by atoms with Gasteiger partial charge in [0.1, 0.15) is 4.92 Å². The molecule has 112 valence electrons. The Morgan fingerprint density at radius 3 is 2.00 bits per heavy atom. The maximum absolute atomic E-state index is 10.7. The molecule has 0 unspecified atom stereocenters. The van der Waals surface area contributed by atoms with E-state index in [2.05, 4.69) is 4.52 Å². The minimum Gasteiger partial charge on any atom is -0.303 e. The van der Waals surface area contributed by atoms with Crippen LogP contribution in [0.4, 0.5) is 0 Å². The van der Waals surface area contributed by atoms with Crippen LogP contribution < -0.4 is 0 Å². The topological polar surface area (TPSA) is 127 Å². The van der Waals surface area contributed by atoms with Crippen molar-refractivity contribution >= 4 is 13.7 Å². The predicted octanol–water partition coefficient (Wildman–Crippen LogP) is 2.02. The highest BCUT2D eigenvalue weighted by Gasteiger charge is 2.13. The summed E-state index contributed by atoms with van der Waals surface area (Å²) < 4.78 is 14.6. The maximum atomic E-state index is 10.7. The van der Waals surface area contributed by atoms with E-state index in [4.69, 9.17) is 9.79 Å². The number of nitrogens with zero attached hydrogens (tertiary/aromatic N) is 1. The number of amides is 1. The molecule has 0 spiro atoms. The third-order valence-corrected chi connectivity index (χ3v) is 3.02.